The number of rotatable bonds is 8. The van der Waals surface area contributed by atoms with Gasteiger partial charge in [0.05, 0.1) is 20.3 Å². The highest BCUT2D eigenvalue weighted by Gasteiger charge is 2.17. The molecule has 1 heterocycles. The number of methoxy groups -OCH3 is 2. The molecule has 0 radical (unpaired) electrons. The summed E-state index contributed by atoms with van der Waals surface area (Å²) >= 11 is 0. The van der Waals surface area contributed by atoms with Crippen LogP contribution in [0.4, 0.5) is 0 Å². The Bertz CT molecular complexity index is 687. The molecule has 1 aromatic rings. The lowest BCUT2D eigenvalue weighted by atomic mass is 10.1. The molecule has 1 saturated heterocycles. The van der Waals surface area contributed by atoms with Gasteiger partial charge in [0.25, 0.3) is 0 Å². The number of likely N-dealkylation sites (N-methyl/N-ethyl adjacent to an activating group) is 1. The molecule has 0 aromatic heterocycles. The number of hydrogen-bond donors (Lipinski definition) is 1. The van der Waals surface area contributed by atoms with Crippen LogP contribution in [0.5, 0.6) is 11.5 Å². The van der Waals surface area contributed by atoms with Gasteiger partial charge in [0.1, 0.15) is 18.0 Å². The summed E-state index contributed by atoms with van der Waals surface area (Å²) in [5.74, 6) is 2.10. The van der Waals surface area contributed by atoms with E-state index in [1.165, 1.54) is 11.3 Å². The third-order valence-corrected chi connectivity index (χ3v) is 4.89. The van der Waals surface area contributed by atoms with Gasteiger partial charge >= 0.3 is 0 Å². The quantitative estimate of drug-likeness (QED) is 0.524. The molecular formula is C21H34N4O4. The van der Waals surface area contributed by atoms with Crippen LogP contribution in [0.2, 0.25) is 0 Å². The summed E-state index contributed by atoms with van der Waals surface area (Å²) in [5, 5.41) is 3.38. The van der Waals surface area contributed by atoms with Gasteiger partial charge in [-0.2, -0.15) is 0 Å². The molecule has 0 saturated carbocycles. The monoisotopic (exact) mass is 406 g/mol. The zero-order valence-corrected chi connectivity index (χ0v) is 18.2. The maximum atomic E-state index is 12.0. The smallest absolute Gasteiger partial charge is 0.243 e. The Hall–Kier alpha value is -2.48. The van der Waals surface area contributed by atoms with Gasteiger partial charge in [-0.3, -0.25) is 4.79 Å². The summed E-state index contributed by atoms with van der Waals surface area (Å²) in [5.41, 5.74) is 0.998. The molecule has 0 aliphatic carbocycles. The number of guanidine groups is 1. The third-order valence-electron chi connectivity index (χ3n) is 4.89. The van der Waals surface area contributed by atoms with Crippen molar-refractivity contribution in [3.8, 4) is 11.5 Å². The predicted molar refractivity (Wildman–Crippen MR) is 114 cm³/mol. The molecule has 0 spiro atoms. The average molecular weight is 407 g/mol. The van der Waals surface area contributed by atoms with Gasteiger partial charge in [0, 0.05) is 52.5 Å². The summed E-state index contributed by atoms with van der Waals surface area (Å²) in [6.45, 7) is 2.13. The predicted octanol–water partition coefficient (Wildman–Crippen LogP) is 1.74. The van der Waals surface area contributed by atoms with Gasteiger partial charge in [-0.25, -0.2) is 4.99 Å². The maximum absolute atomic E-state index is 12.0. The molecule has 1 aliphatic heterocycles. The van der Waals surface area contributed by atoms with E-state index in [1.54, 1.807) is 28.3 Å². The van der Waals surface area contributed by atoms with Crippen molar-refractivity contribution in [3.05, 3.63) is 23.8 Å². The largest absolute Gasteiger partial charge is 0.497 e. The first-order chi connectivity index (χ1) is 13.9. The number of carbonyl (C=O) groups excluding carboxylic acids is 1. The second kappa shape index (κ2) is 11.5. The van der Waals surface area contributed by atoms with Crippen molar-refractivity contribution in [2.45, 2.75) is 31.9 Å². The van der Waals surface area contributed by atoms with Crippen LogP contribution in [-0.2, 0) is 16.1 Å². The van der Waals surface area contributed by atoms with Crippen molar-refractivity contribution in [2.75, 3.05) is 55.1 Å². The molecule has 1 atom stereocenters. The number of nitrogens with one attached hydrogen (secondary N) is 1. The van der Waals surface area contributed by atoms with Gasteiger partial charge in [-0.05, 0) is 31.4 Å². The van der Waals surface area contributed by atoms with Gasteiger partial charge in [0.2, 0.25) is 5.91 Å². The van der Waals surface area contributed by atoms with E-state index in [0.29, 0.717) is 19.0 Å². The van der Waals surface area contributed by atoms with Crippen LogP contribution in [0.25, 0.3) is 0 Å². The second-order valence-electron chi connectivity index (χ2n) is 7.33. The Morgan fingerprint density at radius 2 is 2.03 bits per heavy atom. The molecule has 1 amide bonds. The fourth-order valence-corrected chi connectivity index (χ4v) is 3.08. The normalized spacial score (nSPS) is 16.9. The summed E-state index contributed by atoms with van der Waals surface area (Å²) < 4.78 is 16.6. The van der Waals surface area contributed by atoms with Gasteiger partial charge in [-0.1, -0.05) is 0 Å². The number of aliphatic imine (C=N–C) groups is 1. The Morgan fingerprint density at radius 1 is 1.24 bits per heavy atom. The Labute approximate surface area is 173 Å². The van der Waals surface area contributed by atoms with Crippen molar-refractivity contribution in [1.82, 2.24) is 15.1 Å². The summed E-state index contributed by atoms with van der Waals surface area (Å²) in [7, 11) is 8.67. The van der Waals surface area contributed by atoms with Crippen LogP contribution >= 0.6 is 0 Å². The van der Waals surface area contributed by atoms with E-state index in [9.17, 15) is 4.79 Å². The first kappa shape index (κ1) is 22.8. The molecule has 1 unspecified atom stereocenters. The number of carbonyl (C=O) groups is 1. The number of benzene rings is 1. The first-order valence-electron chi connectivity index (χ1n) is 9.96. The minimum Gasteiger partial charge on any atom is -0.497 e. The molecule has 2 rings (SSSR count). The lowest BCUT2D eigenvalue weighted by Gasteiger charge is -2.27. The molecular weight excluding hydrogens is 372 g/mol. The van der Waals surface area contributed by atoms with Crippen LogP contribution in [0.15, 0.2) is 23.2 Å². The molecule has 0 bridgehead atoms. The van der Waals surface area contributed by atoms with Gasteiger partial charge in [0.15, 0.2) is 5.96 Å². The summed E-state index contributed by atoms with van der Waals surface area (Å²) in [6, 6.07) is 5.74. The average Bonchev–Trinajstić information content (AvgIpc) is 2.74. The molecule has 8 nitrogen and oxygen atoms in total. The molecule has 1 aromatic carbocycles. The van der Waals surface area contributed by atoms with Crippen molar-refractivity contribution >= 4 is 11.9 Å². The van der Waals surface area contributed by atoms with Crippen molar-refractivity contribution in [2.24, 2.45) is 4.99 Å². The number of ether oxygens (including phenoxy) is 3. The van der Waals surface area contributed by atoms with Crippen LogP contribution in [0, 0.1) is 0 Å². The topological polar surface area (TPSA) is 75.6 Å². The van der Waals surface area contributed by atoms with Crippen LogP contribution in [0.3, 0.4) is 0 Å². The van der Waals surface area contributed by atoms with Crippen LogP contribution < -0.4 is 14.8 Å². The molecule has 8 heteroatoms. The number of hydrogen-bond acceptors (Lipinski definition) is 5. The Balaban J connectivity index is 2.10. The minimum absolute atomic E-state index is 0.0476. The maximum Gasteiger partial charge on any atom is 0.243 e. The van der Waals surface area contributed by atoms with E-state index in [4.69, 9.17) is 14.2 Å². The first-order valence-corrected chi connectivity index (χ1v) is 9.96. The zero-order chi connectivity index (χ0) is 21.2. The zero-order valence-electron chi connectivity index (χ0n) is 18.2. The SMILES string of the molecule is COc1ccc(CN(C)C(=NCC(=O)N(C)C)NCC2CCCCO2)c(OC)c1. The summed E-state index contributed by atoms with van der Waals surface area (Å²) in [4.78, 5) is 20.1. The minimum atomic E-state index is -0.0476. The van der Waals surface area contributed by atoms with Crippen LogP contribution in [0.1, 0.15) is 24.8 Å². The molecule has 1 N–H and O–H groups in total. The van der Waals surface area contributed by atoms with Crippen molar-refractivity contribution in [1.29, 1.82) is 0 Å². The Morgan fingerprint density at radius 3 is 2.66 bits per heavy atom. The highest BCUT2D eigenvalue weighted by Crippen LogP contribution is 2.25. The lowest BCUT2D eigenvalue weighted by molar-refractivity contribution is -0.127. The van der Waals surface area contributed by atoms with Gasteiger partial charge in [-0.15, -0.1) is 0 Å². The highest BCUT2D eigenvalue weighted by molar-refractivity contribution is 5.84. The number of amides is 1. The van der Waals surface area contributed by atoms with Crippen molar-refractivity contribution in [3.63, 3.8) is 0 Å². The van der Waals surface area contributed by atoms with Crippen LogP contribution in [-0.4, -0.2) is 82.8 Å². The molecule has 162 valence electrons. The second-order valence-corrected chi connectivity index (χ2v) is 7.33. The Kier molecular flexibility index (Phi) is 9.05. The summed E-state index contributed by atoms with van der Waals surface area (Å²) in [6.07, 6.45) is 3.50. The fourth-order valence-electron chi connectivity index (χ4n) is 3.08. The van der Waals surface area contributed by atoms with Crippen molar-refractivity contribution < 1.29 is 19.0 Å². The fraction of sp³-hybridized carbons (Fsp3) is 0.619. The number of nitrogens with zero attached hydrogens (tertiary/aromatic N) is 3. The van der Waals surface area contributed by atoms with Gasteiger partial charge < -0.3 is 29.3 Å². The van der Waals surface area contributed by atoms with E-state index in [-0.39, 0.29) is 18.6 Å². The standard InChI is InChI=1S/C21H34N4O4/c1-24(2)20(26)14-23-21(22-13-18-8-6-7-11-29-18)25(3)15-16-9-10-17(27-4)12-19(16)28-5/h9-10,12,18H,6-8,11,13-15H2,1-5H3,(H,22,23). The lowest BCUT2D eigenvalue weighted by Crippen LogP contribution is -2.43. The van der Waals surface area contributed by atoms with E-state index >= 15 is 0 Å². The van der Waals surface area contributed by atoms with E-state index in [2.05, 4.69) is 10.3 Å². The molecule has 29 heavy (non-hydrogen) atoms. The third kappa shape index (κ3) is 7.12. The van der Waals surface area contributed by atoms with E-state index in [1.807, 2.05) is 30.1 Å². The van der Waals surface area contributed by atoms with E-state index in [0.717, 1.165) is 36.5 Å². The molecule has 1 fully saturated rings. The molecule has 1 aliphatic rings. The highest BCUT2D eigenvalue weighted by atomic mass is 16.5. The van der Waals surface area contributed by atoms with E-state index < -0.39 is 0 Å².